The minimum atomic E-state index is -4.81. The molecule has 1 aliphatic carbocycles. The van der Waals surface area contributed by atoms with E-state index in [9.17, 15) is 29.2 Å². The number of allylic oxidation sites excluding steroid dienone is 2. The van der Waals surface area contributed by atoms with Gasteiger partial charge in [0.05, 0.1) is 18.8 Å². The van der Waals surface area contributed by atoms with Gasteiger partial charge in [0.25, 0.3) is 0 Å². The van der Waals surface area contributed by atoms with E-state index in [-0.39, 0.29) is 43.5 Å². The molecule has 0 aromatic heterocycles. The Morgan fingerprint density at radius 2 is 1.43 bits per heavy atom. The number of ketones is 1. The Hall–Kier alpha value is -1.88. The number of carbonyl (C=O) groups is 3. The molecule has 11 nitrogen and oxygen atoms in total. The third-order valence-corrected chi connectivity index (χ3v) is 9.33. The average molecular weight is 717 g/mol. The summed E-state index contributed by atoms with van der Waals surface area (Å²) in [5, 5.41) is 20.6. The highest BCUT2D eigenvalue weighted by Gasteiger charge is 2.39. The number of hydrogen-bond donors (Lipinski definition) is 4. The van der Waals surface area contributed by atoms with Gasteiger partial charge in [0.1, 0.15) is 12.4 Å². The number of esters is 2. The van der Waals surface area contributed by atoms with Gasteiger partial charge in [0, 0.05) is 31.1 Å². The normalized spacial score (nSPS) is 19.6. The van der Waals surface area contributed by atoms with E-state index in [4.69, 9.17) is 19.3 Å². The molecule has 49 heavy (non-hydrogen) atoms. The van der Waals surface area contributed by atoms with Gasteiger partial charge in [-0.1, -0.05) is 122 Å². The number of ether oxygens (including phenoxy) is 2. The number of carbonyl (C=O) groups excluding carboxylic acids is 3. The maximum Gasteiger partial charge on any atom is 0.469 e. The SMILES string of the molecule is CCCCCCCCCCCCCC(=O)O[C@H](COC(=O)CCC/C=C\C[C@H]1C(=O)C[C@@H](O)[C@@H]1/C=C/[C@@H](O)CCCCC)COP(=O)(O)O. The fourth-order valence-electron chi connectivity index (χ4n) is 5.94. The summed E-state index contributed by atoms with van der Waals surface area (Å²) < 4.78 is 26.2. The lowest BCUT2D eigenvalue weighted by molar-refractivity contribution is -0.161. The Kier molecular flexibility index (Phi) is 25.6. The van der Waals surface area contributed by atoms with Crippen LogP contribution in [0.4, 0.5) is 0 Å². The van der Waals surface area contributed by atoms with Crippen LogP contribution >= 0.6 is 7.82 Å². The van der Waals surface area contributed by atoms with Gasteiger partial charge < -0.3 is 29.5 Å². The van der Waals surface area contributed by atoms with Crippen LogP contribution in [0, 0.1) is 11.8 Å². The molecule has 284 valence electrons. The van der Waals surface area contributed by atoms with Gasteiger partial charge in [-0.3, -0.25) is 18.9 Å². The monoisotopic (exact) mass is 716 g/mol. The van der Waals surface area contributed by atoms with Crippen molar-refractivity contribution in [1.82, 2.24) is 0 Å². The van der Waals surface area contributed by atoms with Gasteiger partial charge in [0.15, 0.2) is 6.10 Å². The van der Waals surface area contributed by atoms with E-state index >= 15 is 0 Å². The van der Waals surface area contributed by atoms with Crippen molar-refractivity contribution in [2.75, 3.05) is 13.2 Å². The Morgan fingerprint density at radius 1 is 0.837 bits per heavy atom. The summed E-state index contributed by atoms with van der Waals surface area (Å²) in [5.41, 5.74) is 0. The average Bonchev–Trinajstić information content (AvgIpc) is 3.32. The smallest absolute Gasteiger partial charge is 0.462 e. The van der Waals surface area contributed by atoms with Crippen LogP contribution in [0.1, 0.15) is 149 Å². The van der Waals surface area contributed by atoms with Gasteiger partial charge in [0.2, 0.25) is 0 Å². The zero-order chi connectivity index (χ0) is 36.3. The maximum absolute atomic E-state index is 12.5. The molecule has 0 aromatic carbocycles. The van der Waals surface area contributed by atoms with Gasteiger partial charge in [-0.2, -0.15) is 0 Å². The number of Topliss-reactive ketones (excluding diaryl/α,β-unsaturated/α-hetero) is 1. The van der Waals surface area contributed by atoms with Crippen molar-refractivity contribution in [1.29, 1.82) is 0 Å². The van der Waals surface area contributed by atoms with E-state index in [1.54, 1.807) is 12.2 Å². The summed E-state index contributed by atoms with van der Waals surface area (Å²) in [6, 6.07) is 0. The van der Waals surface area contributed by atoms with Crippen molar-refractivity contribution < 1.29 is 52.9 Å². The quantitative estimate of drug-likeness (QED) is 0.0252. The van der Waals surface area contributed by atoms with E-state index in [2.05, 4.69) is 18.4 Å². The van der Waals surface area contributed by atoms with Crippen LogP contribution < -0.4 is 0 Å². The standard InChI is InChI=1S/C37H65O11P/c1-3-5-7-8-9-10-11-12-13-14-20-24-37(42)48-31(29-47-49(43,44)45)28-46-36(41)23-19-16-15-18-22-32-33(35(40)27-34(32)39)26-25-30(38)21-17-6-4-2/h15,18,25-26,30-33,35,38,40H,3-14,16-17,19-24,27-29H2,1-2H3,(H2,43,44,45)/b18-15-,26-25+/t30-,31+,32+,33+,35+/m0/s1. The molecule has 0 heterocycles. The van der Waals surface area contributed by atoms with Gasteiger partial charge >= 0.3 is 19.8 Å². The molecule has 4 N–H and O–H groups in total. The van der Waals surface area contributed by atoms with Crippen LogP contribution in [0.5, 0.6) is 0 Å². The van der Waals surface area contributed by atoms with Crippen LogP contribution in [0.3, 0.4) is 0 Å². The second-order valence-corrected chi connectivity index (χ2v) is 14.6. The summed E-state index contributed by atoms with van der Waals surface area (Å²) in [6.07, 6.45) is 22.7. The fraction of sp³-hybridized carbons (Fsp3) is 0.811. The second kappa shape index (κ2) is 27.8. The van der Waals surface area contributed by atoms with Gasteiger partial charge in [-0.15, -0.1) is 0 Å². The first-order valence-electron chi connectivity index (χ1n) is 18.7. The topological polar surface area (TPSA) is 177 Å². The third kappa shape index (κ3) is 24.0. The summed E-state index contributed by atoms with van der Waals surface area (Å²) in [6.45, 7) is 3.32. The first-order chi connectivity index (χ1) is 23.5. The minimum absolute atomic E-state index is 0.00682. The summed E-state index contributed by atoms with van der Waals surface area (Å²) >= 11 is 0. The van der Waals surface area contributed by atoms with Crippen molar-refractivity contribution in [2.45, 2.75) is 167 Å². The van der Waals surface area contributed by atoms with Gasteiger partial charge in [-0.05, 0) is 32.1 Å². The number of phosphoric acid groups is 1. The molecule has 1 rings (SSSR count). The van der Waals surface area contributed by atoms with Gasteiger partial charge in [-0.25, -0.2) is 4.57 Å². The number of rotatable bonds is 30. The molecule has 0 spiro atoms. The molecule has 1 aliphatic rings. The number of hydrogen-bond acceptors (Lipinski definition) is 9. The Balaban J connectivity index is 2.36. The van der Waals surface area contributed by atoms with Crippen LogP contribution in [-0.2, 0) is 32.9 Å². The Morgan fingerprint density at radius 3 is 2.06 bits per heavy atom. The molecule has 12 heteroatoms. The van der Waals surface area contributed by atoms with Crippen molar-refractivity contribution in [3.8, 4) is 0 Å². The highest BCUT2D eigenvalue weighted by molar-refractivity contribution is 7.46. The fourth-order valence-corrected chi connectivity index (χ4v) is 6.30. The molecule has 5 atom stereocenters. The second-order valence-electron chi connectivity index (χ2n) is 13.3. The predicted octanol–water partition coefficient (Wildman–Crippen LogP) is 7.43. The maximum atomic E-state index is 12.5. The summed E-state index contributed by atoms with van der Waals surface area (Å²) in [7, 11) is -4.81. The molecule has 0 aliphatic heterocycles. The van der Waals surface area contributed by atoms with Crippen molar-refractivity contribution in [2.24, 2.45) is 11.8 Å². The number of phosphoric ester groups is 1. The lowest BCUT2D eigenvalue weighted by Crippen LogP contribution is -2.29. The van der Waals surface area contributed by atoms with E-state index in [0.717, 1.165) is 38.5 Å². The number of aliphatic hydroxyl groups is 2. The largest absolute Gasteiger partial charge is 0.469 e. The van der Waals surface area contributed by atoms with Crippen molar-refractivity contribution >= 4 is 25.5 Å². The van der Waals surface area contributed by atoms with E-state index < -0.39 is 44.7 Å². The van der Waals surface area contributed by atoms with E-state index in [1.807, 2.05) is 12.2 Å². The molecule has 0 amide bonds. The van der Waals surface area contributed by atoms with Crippen LogP contribution in [0.15, 0.2) is 24.3 Å². The molecule has 0 unspecified atom stereocenters. The lowest BCUT2D eigenvalue weighted by atomic mass is 9.90. The zero-order valence-electron chi connectivity index (χ0n) is 30.1. The first kappa shape index (κ1) is 45.1. The predicted molar refractivity (Wildman–Crippen MR) is 189 cm³/mol. The Labute approximate surface area is 294 Å². The lowest BCUT2D eigenvalue weighted by Gasteiger charge is -2.18. The highest BCUT2D eigenvalue weighted by atomic mass is 31.2. The molecule has 1 fully saturated rings. The van der Waals surface area contributed by atoms with Crippen LogP contribution in [0.25, 0.3) is 0 Å². The summed E-state index contributed by atoms with van der Waals surface area (Å²) in [5.74, 6) is -1.80. The third-order valence-electron chi connectivity index (χ3n) is 8.84. The van der Waals surface area contributed by atoms with Crippen LogP contribution in [0.2, 0.25) is 0 Å². The molecule has 0 saturated heterocycles. The van der Waals surface area contributed by atoms with Crippen molar-refractivity contribution in [3.63, 3.8) is 0 Å². The zero-order valence-corrected chi connectivity index (χ0v) is 30.9. The number of aliphatic hydroxyl groups excluding tert-OH is 2. The van der Waals surface area contributed by atoms with Crippen molar-refractivity contribution in [3.05, 3.63) is 24.3 Å². The minimum Gasteiger partial charge on any atom is -0.462 e. The highest BCUT2D eigenvalue weighted by Crippen LogP contribution is 2.36. The van der Waals surface area contributed by atoms with Crippen LogP contribution in [-0.4, -0.2) is 69.2 Å². The molecule has 1 saturated carbocycles. The van der Waals surface area contributed by atoms with E-state index in [0.29, 0.717) is 32.1 Å². The molecule has 0 bridgehead atoms. The molecular formula is C37H65O11P. The summed E-state index contributed by atoms with van der Waals surface area (Å²) in [4.78, 5) is 55.3. The number of unbranched alkanes of at least 4 members (excludes halogenated alkanes) is 13. The molecular weight excluding hydrogens is 651 g/mol. The first-order valence-corrected chi connectivity index (χ1v) is 20.3. The Bertz CT molecular complexity index is 1010. The molecule has 0 aromatic rings. The van der Waals surface area contributed by atoms with E-state index in [1.165, 1.54) is 44.9 Å². The molecule has 0 radical (unpaired) electrons.